The molecule has 3 aromatic rings. The maximum absolute atomic E-state index is 12.2. The van der Waals surface area contributed by atoms with Gasteiger partial charge in [-0.3, -0.25) is 5.10 Å². The Kier molecular flexibility index (Phi) is 5.35. The second-order valence-corrected chi connectivity index (χ2v) is 5.87. The molecule has 140 valence electrons. The first-order valence-corrected chi connectivity index (χ1v) is 8.17. The third-order valence-electron chi connectivity index (χ3n) is 3.87. The molecular weight excluding hydrogens is 354 g/mol. The van der Waals surface area contributed by atoms with Gasteiger partial charge in [0.05, 0.1) is 5.69 Å². The number of hydrogen-bond donors (Lipinski definition) is 3. The zero-order valence-electron chi connectivity index (χ0n) is 14.7. The maximum atomic E-state index is 12.2. The van der Waals surface area contributed by atoms with Gasteiger partial charge in [-0.1, -0.05) is 12.1 Å². The SMILES string of the molecule is Cc1n[nH]c(C)c1-c1cccc(NC(=O)Nc2ccc(OC(F)F)cc2)c1. The molecule has 0 aliphatic carbocycles. The van der Waals surface area contributed by atoms with E-state index in [2.05, 4.69) is 25.6 Å². The van der Waals surface area contributed by atoms with E-state index in [1.807, 2.05) is 32.0 Å². The number of ether oxygens (including phenoxy) is 1. The molecule has 2 amide bonds. The number of anilines is 2. The Hall–Kier alpha value is -3.42. The summed E-state index contributed by atoms with van der Waals surface area (Å²) in [5, 5.41) is 12.5. The Bertz CT molecular complexity index is 920. The van der Waals surface area contributed by atoms with Crippen molar-refractivity contribution in [3.8, 4) is 16.9 Å². The number of carbonyl (C=O) groups excluding carboxylic acids is 1. The minimum absolute atomic E-state index is 0.0227. The molecule has 1 aromatic heterocycles. The molecule has 0 saturated heterocycles. The molecule has 0 radical (unpaired) electrons. The number of halogens is 2. The number of urea groups is 1. The minimum atomic E-state index is -2.89. The van der Waals surface area contributed by atoms with Gasteiger partial charge in [-0.2, -0.15) is 13.9 Å². The van der Waals surface area contributed by atoms with E-state index in [1.165, 1.54) is 24.3 Å². The Labute approximate surface area is 154 Å². The van der Waals surface area contributed by atoms with Crippen LogP contribution in [0.5, 0.6) is 5.75 Å². The first-order chi connectivity index (χ1) is 12.9. The molecule has 0 unspecified atom stereocenters. The molecule has 0 aliphatic heterocycles. The first-order valence-electron chi connectivity index (χ1n) is 8.17. The van der Waals surface area contributed by atoms with E-state index in [0.29, 0.717) is 11.4 Å². The van der Waals surface area contributed by atoms with Crippen molar-refractivity contribution >= 4 is 17.4 Å². The number of H-pyrrole nitrogens is 1. The largest absolute Gasteiger partial charge is 0.435 e. The number of aromatic nitrogens is 2. The summed E-state index contributed by atoms with van der Waals surface area (Å²) in [7, 11) is 0. The molecule has 0 spiro atoms. The molecule has 0 aliphatic rings. The summed E-state index contributed by atoms with van der Waals surface area (Å²) in [5.41, 5.74) is 4.81. The zero-order chi connectivity index (χ0) is 19.4. The van der Waals surface area contributed by atoms with Crippen molar-refractivity contribution < 1.29 is 18.3 Å². The number of aryl methyl sites for hydroxylation is 2. The second kappa shape index (κ2) is 7.86. The number of aromatic amines is 1. The van der Waals surface area contributed by atoms with Crippen LogP contribution in [0.1, 0.15) is 11.4 Å². The first kappa shape index (κ1) is 18.4. The van der Waals surface area contributed by atoms with Gasteiger partial charge < -0.3 is 15.4 Å². The number of amides is 2. The van der Waals surface area contributed by atoms with Crippen molar-refractivity contribution in [2.24, 2.45) is 0 Å². The summed E-state index contributed by atoms with van der Waals surface area (Å²) in [4.78, 5) is 12.2. The van der Waals surface area contributed by atoms with Gasteiger partial charge in [0.15, 0.2) is 0 Å². The van der Waals surface area contributed by atoms with Gasteiger partial charge in [0.1, 0.15) is 5.75 Å². The fourth-order valence-corrected chi connectivity index (χ4v) is 2.74. The van der Waals surface area contributed by atoms with Crippen molar-refractivity contribution in [3.05, 3.63) is 59.9 Å². The number of benzene rings is 2. The summed E-state index contributed by atoms with van der Waals surface area (Å²) in [5.74, 6) is 0.0227. The predicted molar refractivity (Wildman–Crippen MR) is 99.2 cm³/mol. The predicted octanol–water partition coefficient (Wildman–Crippen LogP) is 4.94. The lowest BCUT2D eigenvalue weighted by Gasteiger charge is -2.10. The van der Waals surface area contributed by atoms with Crippen LogP contribution in [0.3, 0.4) is 0 Å². The molecule has 8 heteroatoms. The Morgan fingerprint density at radius 3 is 2.41 bits per heavy atom. The summed E-state index contributed by atoms with van der Waals surface area (Å²) in [6.07, 6.45) is 0. The highest BCUT2D eigenvalue weighted by Crippen LogP contribution is 2.27. The summed E-state index contributed by atoms with van der Waals surface area (Å²) >= 11 is 0. The van der Waals surface area contributed by atoms with Crippen LogP contribution in [0.25, 0.3) is 11.1 Å². The lowest BCUT2D eigenvalue weighted by molar-refractivity contribution is -0.0498. The number of nitrogens with one attached hydrogen (secondary N) is 3. The molecule has 0 bridgehead atoms. The van der Waals surface area contributed by atoms with Crippen LogP contribution in [0.2, 0.25) is 0 Å². The zero-order valence-corrected chi connectivity index (χ0v) is 14.7. The molecule has 0 atom stereocenters. The number of nitrogens with zero attached hydrogens (tertiary/aromatic N) is 1. The van der Waals surface area contributed by atoms with Crippen molar-refractivity contribution in [1.29, 1.82) is 0 Å². The Morgan fingerprint density at radius 2 is 1.78 bits per heavy atom. The average Bonchev–Trinajstić information content (AvgIpc) is 2.95. The molecule has 3 N–H and O–H groups in total. The van der Waals surface area contributed by atoms with Crippen molar-refractivity contribution in [3.63, 3.8) is 0 Å². The Morgan fingerprint density at radius 1 is 1.07 bits per heavy atom. The lowest BCUT2D eigenvalue weighted by Crippen LogP contribution is -2.19. The van der Waals surface area contributed by atoms with Crippen molar-refractivity contribution in [1.82, 2.24) is 10.2 Å². The van der Waals surface area contributed by atoms with E-state index in [-0.39, 0.29) is 5.75 Å². The monoisotopic (exact) mass is 372 g/mol. The topological polar surface area (TPSA) is 79.0 Å². The molecule has 2 aromatic carbocycles. The highest BCUT2D eigenvalue weighted by Gasteiger charge is 2.10. The molecular formula is C19H18F2N4O2. The number of hydrogen-bond acceptors (Lipinski definition) is 3. The Balaban J connectivity index is 1.67. The standard InChI is InChI=1S/C19H18F2N4O2/c1-11-17(12(2)25-24-11)13-4-3-5-15(10-13)23-19(26)22-14-6-8-16(9-7-14)27-18(20)21/h3-10,18H,1-2H3,(H,24,25)(H2,22,23,26). The van der Waals surface area contributed by atoms with Crippen LogP contribution < -0.4 is 15.4 Å². The number of alkyl halides is 2. The smallest absolute Gasteiger partial charge is 0.387 e. The summed E-state index contributed by atoms with van der Waals surface area (Å²) in [6.45, 7) is 0.957. The van der Waals surface area contributed by atoms with Crippen molar-refractivity contribution in [2.45, 2.75) is 20.5 Å². The quantitative estimate of drug-likeness (QED) is 0.594. The van der Waals surface area contributed by atoms with E-state index in [9.17, 15) is 13.6 Å². The third-order valence-corrected chi connectivity index (χ3v) is 3.87. The van der Waals surface area contributed by atoms with E-state index in [4.69, 9.17) is 0 Å². The van der Waals surface area contributed by atoms with Crippen LogP contribution in [0.4, 0.5) is 25.0 Å². The number of carbonyl (C=O) groups is 1. The maximum Gasteiger partial charge on any atom is 0.387 e. The van der Waals surface area contributed by atoms with Gasteiger partial charge in [0, 0.05) is 22.6 Å². The lowest BCUT2D eigenvalue weighted by atomic mass is 10.0. The third kappa shape index (κ3) is 4.60. The summed E-state index contributed by atoms with van der Waals surface area (Å²) < 4.78 is 28.6. The van der Waals surface area contributed by atoms with E-state index >= 15 is 0 Å². The minimum Gasteiger partial charge on any atom is -0.435 e. The average molecular weight is 372 g/mol. The second-order valence-electron chi connectivity index (χ2n) is 5.87. The molecule has 0 fully saturated rings. The van der Waals surface area contributed by atoms with Crippen molar-refractivity contribution in [2.75, 3.05) is 10.6 Å². The van der Waals surface area contributed by atoms with Gasteiger partial charge in [-0.05, 0) is 55.8 Å². The van der Waals surface area contributed by atoms with E-state index in [1.54, 1.807) is 6.07 Å². The van der Waals surface area contributed by atoms with E-state index < -0.39 is 12.6 Å². The van der Waals surface area contributed by atoms with Crippen LogP contribution in [-0.2, 0) is 0 Å². The van der Waals surface area contributed by atoms with Crippen LogP contribution in [-0.4, -0.2) is 22.8 Å². The van der Waals surface area contributed by atoms with Crippen LogP contribution in [0.15, 0.2) is 48.5 Å². The van der Waals surface area contributed by atoms with Gasteiger partial charge >= 0.3 is 12.6 Å². The molecule has 1 heterocycles. The highest BCUT2D eigenvalue weighted by molar-refractivity contribution is 6.00. The van der Waals surface area contributed by atoms with Crippen LogP contribution in [0, 0.1) is 13.8 Å². The van der Waals surface area contributed by atoms with Gasteiger partial charge in [0.25, 0.3) is 0 Å². The molecule has 0 saturated carbocycles. The van der Waals surface area contributed by atoms with Gasteiger partial charge in [0.2, 0.25) is 0 Å². The molecule has 6 nitrogen and oxygen atoms in total. The van der Waals surface area contributed by atoms with Crippen LogP contribution >= 0.6 is 0 Å². The van der Waals surface area contributed by atoms with Gasteiger partial charge in [-0.15, -0.1) is 0 Å². The molecule has 27 heavy (non-hydrogen) atoms. The number of rotatable bonds is 5. The highest BCUT2D eigenvalue weighted by atomic mass is 19.3. The normalized spacial score (nSPS) is 10.7. The fourth-order valence-electron chi connectivity index (χ4n) is 2.74. The van der Waals surface area contributed by atoms with Gasteiger partial charge in [-0.25, -0.2) is 4.79 Å². The molecule has 3 rings (SSSR count). The summed E-state index contributed by atoms with van der Waals surface area (Å²) in [6, 6.07) is 12.6. The fraction of sp³-hybridized carbons (Fsp3) is 0.158. The van der Waals surface area contributed by atoms with E-state index in [0.717, 1.165) is 22.5 Å².